The van der Waals surface area contributed by atoms with E-state index >= 15 is 0 Å². The Bertz CT molecular complexity index is 896. The van der Waals surface area contributed by atoms with Gasteiger partial charge in [-0.1, -0.05) is 19.1 Å². The summed E-state index contributed by atoms with van der Waals surface area (Å²) in [5.74, 6) is -0.508. The topological polar surface area (TPSA) is 46.9 Å². The molecule has 0 bridgehead atoms. The Balaban J connectivity index is 1.88. The fraction of sp³-hybridized carbons (Fsp3) is 0.200. The van der Waals surface area contributed by atoms with Crippen LogP contribution < -0.4 is 5.32 Å². The van der Waals surface area contributed by atoms with Gasteiger partial charge in [0.1, 0.15) is 5.82 Å². The first kappa shape index (κ1) is 16.9. The zero-order valence-corrected chi connectivity index (χ0v) is 14.5. The van der Waals surface area contributed by atoms with Crippen LogP contribution in [-0.4, -0.2) is 15.7 Å². The fourth-order valence-corrected chi connectivity index (χ4v) is 2.82. The Morgan fingerprint density at radius 2 is 1.72 bits per heavy atom. The molecule has 0 aliphatic heterocycles. The maximum atomic E-state index is 13.1. The van der Waals surface area contributed by atoms with Crippen molar-refractivity contribution in [3.63, 3.8) is 0 Å². The number of anilines is 1. The van der Waals surface area contributed by atoms with Crippen LogP contribution in [0.15, 0.2) is 48.5 Å². The van der Waals surface area contributed by atoms with Gasteiger partial charge in [0, 0.05) is 5.69 Å². The molecule has 3 rings (SSSR count). The quantitative estimate of drug-likeness (QED) is 0.765. The third kappa shape index (κ3) is 3.45. The molecule has 0 saturated heterocycles. The summed E-state index contributed by atoms with van der Waals surface area (Å²) in [5, 5.41) is 7.35. The molecule has 0 unspecified atom stereocenters. The molecule has 1 N–H and O–H groups in total. The number of amides is 1. The summed E-state index contributed by atoms with van der Waals surface area (Å²) in [7, 11) is 0. The van der Waals surface area contributed by atoms with Gasteiger partial charge in [0.2, 0.25) is 0 Å². The third-order valence-corrected chi connectivity index (χ3v) is 4.21. The highest BCUT2D eigenvalue weighted by Gasteiger charge is 2.19. The monoisotopic (exact) mass is 337 g/mol. The Morgan fingerprint density at radius 1 is 1.08 bits per heavy atom. The minimum Gasteiger partial charge on any atom is -0.322 e. The lowest BCUT2D eigenvalue weighted by atomic mass is 10.1. The molecular formula is C20H20FN3O. The smallest absolute Gasteiger partial charge is 0.259 e. The molecule has 0 radical (unpaired) electrons. The van der Waals surface area contributed by atoms with Crippen LogP contribution in [0.3, 0.4) is 0 Å². The van der Waals surface area contributed by atoms with E-state index in [0.29, 0.717) is 22.6 Å². The van der Waals surface area contributed by atoms with Gasteiger partial charge in [0.25, 0.3) is 5.91 Å². The Kier molecular flexibility index (Phi) is 4.65. The number of nitrogens with one attached hydrogen (secondary N) is 1. The molecule has 0 aliphatic carbocycles. The fourth-order valence-electron chi connectivity index (χ4n) is 2.82. The van der Waals surface area contributed by atoms with Crippen LogP contribution in [-0.2, 0) is 6.42 Å². The van der Waals surface area contributed by atoms with Gasteiger partial charge in [-0.3, -0.25) is 4.79 Å². The molecule has 4 nitrogen and oxygen atoms in total. The summed E-state index contributed by atoms with van der Waals surface area (Å²) in [6.45, 7) is 5.71. The minimum atomic E-state index is -0.307. The average Bonchev–Trinajstić information content (AvgIpc) is 2.91. The molecule has 0 saturated carbocycles. The van der Waals surface area contributed by atoms with Crippen molar-refractivity contribution >= 4 is 11.6 Å². The lowest BCUT2D eigenvalue weighted by Crippen LogP contribution is -2.14. The normalized spacial score (nSPS) is 10.7. The van der Waals surface area contributed by atoms with Crippen molar-refractivity contribution in [1.29, 1.82) is 0 Å². The average molecular weight is 337 g/mol. The van der Waals surface area contributed by atoms with Crippen molar-refractivity contribution in [3.8, 4) is 5.69 Å². The second-order valence-corrected chi connectivity index (χ2v) is 5.94. The molecular weight excluding hydrogens is 317 g/mol. The van der Waals surface area contributed by atoms with Crippen LogP contribution in [0.5, 0.6) is 0 Å². The molecule has 3 aromatic rings. The number of aromatic nitrogens is 2. The predicted octanol–water partition coefficient (Wildman–Crippen LogP) is 4.44. The second kappa shape index (κ2) is 6.89. The number of nitrogens with zero attached hydrogens (tertiary/aromatic N) is 2. The number of carbonyl (C=O) groups excluding carboxylic acids is 1. The van der Waals surface area contributed by atoms with Crippen LogP contribution in [0, 0.1) is 19.7 Å². The highest BCUT2D eigenvalue weighted by molar-refractivity contribution is 6.05. The van der Waals surface area contributed by atoms with Crippen LogP contribution in [0.25, 0.3) is 5.69 Å². The van der Waals surface area contributed by atoms with Gasteiger partial charge in [-0.2, -0.15) is 5.10 Å². The number of rotatable bonds is 4. The van der Waals surface area contributed by atoms with E-state index < -0.39 is 0 Å². The van der Waals surface area contributed by atoms with E-state index in [-0.39, 0.29) is 11.7 Å². The van der Waals surface area contributed by atoms with Gasteiger partial charge in [0.05, 0.1) is 22.6 Å². The van der Waals surface area contributed by atoms with Crippen LogP contribution in [0.2, 0.25) is 0 Å². The summed E-state index contributed by atoms with van der Waals surface area (Å²) in [6, 6.07) is 13.8. The molecule has 25 heavy (non-hydrogen) atoms. The number of aryl methyl sites for hydroxylation is 2. The zero-order valence-electron chi connectivity index (χ0n) is 14.5. The largest absolute Gasteiger partial charge is 0.322 e. The molecule has 5 heteroatoms. The third-order valence-electron chi connectivity index (χ3n) is 4.21. The Labute approximate surface area is 146 Å². The molecule has 128 valence electrons. The SMILES string of the molecule is CCc1ccc(NC(=O)c2c(C)nn(-c3ccc(F)cc3)c2C)cc1. The van der Waals surface area contributed by atoms with Crippen molar-refractivity contribution in [2.45, 2.75) is 27.2 Å². The number of hydrogen-bond donors (Lipinski definition) is 1. The highest BCUT2D eigenvalue weighted by Crippen LogP contribution is 2.20. The van der Waals surface area contributed by atoms with Crippen molar-refractivity contribution in [1.82, 2.24) is 9.78 Å². The van der Waals surface area contributed by atoms with E-state index in [2.05, 4.69) is 17.3 Å². The van der Waals surface area contributed by atoms with Crippen LogP contribution >= 0.6 is 0 Å². The molecule has 0 spiro atoms. The molecule has 2 aromatic carbocycles. The van der Waals surface area contributed by atoms with Crippen molar-refractivity contribution in [2.24, 2.45) is 0 Å². The van der Waals surface area contributed by atoms with E-state index in [1.54, 1.807) is 23.7 Å². The maximum Gasteiger partial charge on any atom is 0.259 e. The van der Waals surface area contributed by atoms with E-state index in [1.807, 2.05) is 31.2 Å². The van der Waals surface area contributed by atoms with E-state index in [4.69, 9.17) is 0 Å². The summed E-state index contributed by atoms with van der Waals surface area (Å²) >= 11 is 0. The number of halogens is 1. The van der Waals surface area contributed by atoms with E-state index in [9.17, 15) is 9.18 Å². The van der Waals surface area contributed by atoms with Gasteiger partial charge in [-0.15, -0.1) is 0 Å². The number of carbonyl (C=O) groups is 1. The molecule has 1 aromatic heterocycles. The Morgan fingerprint density at radius 3 is 2.32 bits per heavy atom. The molecule has 0 aliphatic rings. The molecule has 0 atom stereocenters. The zero-order chi connectivity index (χ0) is 18.0. The van der Waals surface area contributed by atoms with Gasteiger partial charge in [-0.25, -0.2) is 9.07 Å². The van der Waals surface area contributed by atoms with E-state index in [1.165, 1.54) is 17.7 Å². The lowest BCUT2D eigenvalue weighted by molar-refractivity contribution is 0.102. The van der Waals surface area contributed by atoms with Gasteiger partial charge < -0.3 is 5.32 Å². The summed E-state index contributed by atoms with van der Waals surface area (Å²) in [6.07, 6.45) is 0.955. The molecule has 1 amide bonds. The van der Waals surface area contributed by atoms with Crippen molar-refractivity contribution in [3.05, 3.63) is 76.9 Å². The van der Waals surface area contributed by atoms with Gasteiger partial charge >= 0.3 is 0 Å². The highest BCUT2D eigenvalue weighted by atomic mass is 19.1. The molecule has 0 fully saturated rings. The summed E-state index contributed by atoms with van der Waals surface area (Å²) in [5.41, 5.74) is 4.55. The maximum absolute atomic E-state index is 13.1. The summed E-state index contributed by atoms with van der Waals surface area (Å²) < 4.78 is 14.8. The van der Waals surface area contributed by atoms with E-state index in [0.717, 1.165) is 12.1 Å². The standard InChI is InChI=1S/C20H20FN3O/c1-4-15-5-9-17(10-6-15)22-20(25)19-13(2)23-24(14(19)3)18-11-7-16(21)8-12-18/h5-12H,4H2,1-3H3,(H,22,25). The number of benzene rings is 2. The van der Waals surface area contributed by atoms with Crippen molar-refractivity contribution < 1.29 is 9.18 Å². The summed E-state index contributed by atoms with van der Waals surface area (Å²) in [4.78, 5) is 12.7. The number of hydrogen-bond acceptors (Lipinski definition) is 2. The first-order valence-corrected chi connectivity index (χ1v) is 8.22. The Hall–Kier alpha value is -2.95. The first-order chi connectivity index (χ1) is 12.0. The first-order valence-electron chi connectivity index (χ1n) is 8.22. The molecule has 1 heterocycles. The van der Waals surface area contributed by atoms with Gasteiger partial charge in [0.15, 0.2) is 0 Å². The van der Waals surface area contributed by atoms with Gasteiger partial charge in [-0.05, 0) is 62.2 Å². The lowest BCUT2D eigenvalue weighted by Gasteiger charge is -2.07. The second-order valence-electron chi connectivity index (χ2n) is 5.94. The van der Waals surface area contributed by atoms with Crippen LogP contribution in [0.1, 0.15) is 34.2 Å². The predicted molar refractivity (Wildman–Crippen MR) is 96.8 cm³/mol. The minimum absolute atomic E-state index is 0.201. The van der Waals surface area contributed by atoms with Crippen LogP contribution in [0.4, 0.5) is 10.1 Å². The van der Waals surface area contributed by atoms with Crippen molar-refractivity contribution in [2.75, 3.05) is 5.32 Å².